The van der Waals surface area contributed by atoms with Crippen molar-refractivity contribution in [3.05, 3.63) is 29.8 Å². The minimum absolute atomic E-state index is 0.220. The Kier molecular flexibility index (Phi) is 3.71. The summed E-state index contributed by atoms with van der Waals surface area (Å²) in [6, 6.07) is 3.43. The van der Waals surface area contributed by atoms with Gasteiger partial charge in [-0.05, 0) is 43.7 Å². The van der Waals surface area contributed by atoms with Crippen LogP contribution in [0, 0.1) is 17.6 Å². The fraction of sp³-hybridized carbons (Fsp3) is 0.462. The van der Waals surface area contributed by atoms with Crippen molar-refractivity contribution in [3.8, 4) is 0 Å². The summed E-state index contributed by atoms with van der Waals surface area (Å²) in [6.07, 6.45) is 4.17. The molecule has 17 heavy (non-hydrogen) atoms. The third kappa shape index (κ3) is 3.25. The zero-order valence-corrected chi connectivity index (χ0v) is 9.84. The molecular formula is C13H16F2N2. The molecule has 0 radical (unpaired) electrons. The Hall–Kier alpha value is -1.45. The predicted molar refractivity (Wildman–Crippen MR) is 65.0 cm³/mol. The zero-order chi connectivity index (χ0) is 12.3. The summed E-state index contributed by atoms with van der Waals surface area (Å²) in [4.78, 5) is 0. The van der Waals surface area contributed by atoms with E-state index in [1.54, 1.807) is 0 Å². The van der Waals surface area contributed by atoms with E-state index in [1.807, 2.05) is 0 Å². The van der Waals surface area contributed by atoms with E-state index in [4.69, 9.17) is 0 Å². The van der Waals surface area contributed by atoms with Gasteiger partial charge in [-0.3, -0.25) is 5.43 Å². The lowest BCUT2D eigenvalue weighted by molar-refractivity contribution is 0.483. The molecule has 1 aromatic carbocycles. The van der Waals surface area contributed by atoms with Crippen LogP contribution in [0.3, 0.4) is 0 Å². The summed E-state index contributed by atoms with van der Waals surface area (Å²) in [5, 5.41) is 4.18. The highest BCUT2D eigenvalue weighted by atomic mass is 19.1. The van der Waals surface area contributed by atoms with Crippen molar-refractivity contribution in [2.45, 2.75) is 32.6 Å². The Morgan fingerprint density at radius 2 is 1.94 bits per heavy atom. The second kappa shape index (κ2) is 5.25. The molecule has 0 heterocycles. The molecule has 1 aliphatic rings. The molecule has 2 rings (SSSR count). The van der Waals surface area contributed by atoms with Gasteiger partial charge in [0.1, 0.15) is 5.82 Å². The summed E-state index contributed by atoms with van der Waals surface area (Å²) < 4.78 is 26.0. The Bertz CT molecular complexity index is 419. The summed E-state index contributed by atoms with van der Waals surface area (Å²) in [7, 11) is 0. The first-order chi connectivity index (χ1) is 8.15. The number of anilines is 1. The largest absolute Gasteiger partial charge is 0.276 e. The van der Waals surface area contributed by atoms with Gasteiger partial charge in [-0.15, -0.1) is 0 Å². The molecule has 2 nitrogen and oxygen atoms in total. The number of hydrogen-bond donors (Lipinski definition) is 1. The number of halogens is 2. The molecule has 0 aliphatic heterocycles. The van der Waals surface area contributed by atoms with Gasteiger partial charge < -0.3 is 0 Å². The molecule has 1 N–H and O–H groups in total. The zero-order valence-electron chi connectivity index (χ0n) is 9.84. The van der Waals surface area contributed by atoms with E-state index in [1.165, 1.54) is 12.1 Å². The molecule has 1 fully saturated rings. The molecule has 4 heteroatoms. The van der Waals surface area contributed by atoms with Crippen LogP contribution in [0.4, 0.5) is 14.5 Å². The van der Waals surface area contributed by atoms with E-state index in [-0.39, 0.29) is 5.69 Å². The maximum Gasteiger partial charge on any atom is 0.151 e. The first-order valence-corrected chi connectivity index (χ1v) is 5.91. The lowest BCUT2D eigenvalue weighted by Crippen LogP contribution is -2.13. The molecule has 0 spiro atoms. The Morgan fingerprint density at radius 1 is 1.24 bits per heavy atom. The smallest absolute Gasteiger partial charge is 0.151 e. The van der Waals surface area contributed by atoms with Crippen LogP contribution < -0.4 is 5.43 Å². The Labute approximate surface area is 99.7 Å². The molecular weight excluding hydrogens is 222 g/mol. The highest BCUT2D eigenvalue weighted by Crippen LogP contribution is 2.22. The van der Waals surface area contributed by atoms with Gasteiger partial charge in [0.05, 0.1) is 5.69 Å². The van der Waals surface area contributed by atoms with Crippen molar-refractivity contribution in [3.63, 3.8) is 0 Å². The Morgan fingerprint density at radius 3 is 2.59 bits per heavy atom. The van der Waals surface area contributed by atoms with Crippen molar-refractivity contribution < 1.29 is 8.78 Å². The summed E-state index contributed by atoms with van der Waals surface area (Å²) in [5.74, 6) is -0.442. The van der Waals surface area contributed by atoms with Gasteiger partial charge in [0.25, 0.3) is 0 Å². The average Bonchev–Trinajstić information content (AvgIpc) is 2.30. The highest BCUT2D eigenvalue weighted by Gasteiger charge is 2.13. The van der Waals surface area contributed by atoms with Gasteiger partial charge in [-0.1, -0.05) is 6.92 Å². The van der Waals surface area contributed by atoms with Crippen LogP contribution in [0.2, 0.25) is 0 Å². The fourth-order valence-electron chi connectivity index (χ4n) is 1.93. The van der Waals surface area contributed by atoms with Crippen molar-refractivity contribution in [1.82, 2.24) is 0 Å². The van der Waals surface area contributed by atoms with E-state index < -0.39 is 11.6 Å². The van der Waals surface area contributed by atoms with E-state index in [2.05, 4.69) is 17.5 Å². The first-order valence-electron chi connectivity index (χ1n) is 5.91. The SMILES string of the molecule is CC1CCC(=NNc2ccc(F)cc2F)CC1. The van der Waals surface area contributed by atoms with Gasteiger partial charge in [0.15, 0.2) is 5.82 Å². The van der Waals surface area contributed by atoms with Crippen LogP contribution in [0.1, 0.15) is 32.6 Å². The minimum Gasteiger partial charge on any atom is -0.276 e. The van der Waals surface area contributed by atoms with E-state index >= 15 is 0 Å². The number of rotatable bonds is 2. The quantitative estimate of drug-likeness (QED) is 0.775. The standard InChI is InChI=1S/C13H16F2N2/c1-9-2-5-11(6-3-9)16-17-13-7-4-10(14)8-12(13)15/h4,7-9,17H,2-3,5-6H2,1H3. The molecule has 0 amide bonds. The normalized spacial score (nSPS) is 20.2. The van der Waals surface area contributed by atoms with Crippen LogP contribution in [0.5, 0.6) is 0 Å². The third-order valence-electron chi connectivity index (χ3n) is 3.12. The first kappa shape index (κ1) is 12.0. The number of hydrogen-bond acceptors (Lipinski definition) is 2. The molecule has 1 aromatic rings. The van der Waals surface area contributed by atoms with Gasteiger partial charge in [-0.25, -0.2) is 8.78 Å². The molecule has 92 valence electrons. The lowest BCUT2D eigenvalue weighted by Gasteiger charge is -2.18. The monoisotopic (exact) mass is 238 g/mol. The van der Waals surface area contributed by atoms with Crippen molar-refractivity contribution in [1.29, 1.82) is 0 Å². The molecule has 0 bridgehead atoms. The van der Waals surface area contributed by atoms with E-state index in [0.29, 0.717) is 0 Å². The summed E-state index contributed by atoms with van der Waals surface area (Å²) in [6.45, 7) is 2.23. The van der Waals surface area contributed by atoms with Gasteiger partial charge in [0, 0.05) is 11.8 Å². The maximum atomic E-state index is 13.3. The van der Waals surface area contributed by atoms with E-state index in [0.717, 1.165) is 43.4 Å². The topological polar surface area (TPSA) is 24.4 Å². The number of nitrogens with zero attached hydrogens (tertiary/aromatic N) is 1. The molecule has 1 aliphatic carbocycles. The minimum atomic E-state index is -0.612. The average molecular weight is 238 g/mol. The van der Waals surface area contributed by atoms with Crippen molar-refractivity contribution in [2.24, 2.45) is 11.0 Å². The van der Waals surface area contributed by atoms with Crippen LogP contribution >= 0.6 is 0 Å². The number of nitrogens with one attached hydrogen (secondary N) is 1. The van der Waals surface area contributed by atoms with Crippen LogP contribution in [0.25, 0.3) is 0 Å². The number of hydrazone groups is 1. The summed E-state index contributed by atoms with van der Waals surface area (Å²) in [5.41, 5.74) is 3.95. The third-order valence-corrected chi connectivity index (χ3v) is 3.12. The number of benzene rings is 1. The fourth-order valence-corrected chi connectivity index (χ4v) is 1.93. The summed E-state index contributed by atoms with van der Waals surface area (Å²) >= 11 is 0. The molecule has 0 unspecified atom stereocenters. The van der Waals surface area contributed by atoms with Crippen molar-refractivity contribution in [2.75, 3.05) is 5.43 Å². The second-order valence-electron chi connectivity index (χ2n) is 4.60. The van der Waals surface area contributed by atoms with Crippen LogP contribution in [-0.2, 0) is 0 Å². The lowest BCUT2D eigenvalue weighted by atomic mass is 9.90. The highest BCUT2D eigenvalue weighted by molar-refractivity contribution is 5.85. The molecule has 1 saturated carbocycles. The van der Waals surface area contributed by atoms with Gasteiger partial charge >= 0.3 is 0 Å². The van der Waals surface area contributed by atoms with E-state index in [9.17, 15) is 8.78 Å². The molecule has 0 aromatic heterocycles. The maximum absolute atomic E-state index is 13.3. The van der Waals surface area contributed by atoms with Crippen LogP contribution in [-0.4, -0.2) is 5.71 Å². The van der Waals surface area contributed by atoms with Crippen molar-refractivity contribution >= 4 is 11.4 Å². The molecule has 0 saturated heterocycles. The molecule has 0 atom stereocenters. The van der Waals surface area contributed by atoms with Gasteiger partial charge in [-0.2, -0.15) is 5.10 Å². The Balaban J connectivity index is 1.99. The predicted octanol–water partition coefficient (Wildman–Crippen LogP) is 3.94. The van der Waals surface area contributed by atoms with Gasteiger partial charge in [0.2, 0.25) is 0 Å². The van der Waals surface area contributed by atoms with Crippen LogP contribution in [0.15, 0.2) is 23.3 Å². The second-order valence-corrected chi connectivity index (χ2v) is 4.60.